The van der Waals surface area contributed by atoms with Crippen LogP contribution in [0.2, 0.25) is 0 Å². The minimum Gasteiger partial charge on any atom is -0.455 e. The first-order chi connectivity index (χ1) is 25.0. The van der Waals surface area contributed by atoms with Crippen LogP contribution in [0.15, 0.2) is 180 Å². The molecule has 10 rings (SSSR count). The van der Waals surface area contributed by atoms with Crippen LogP contribution in [0.4, 0.5) is 17.1 Å². The highest BCUT2D eigenvalue weighted by molar-refractivity contribution is 6.15. The SMILES string of the molecule is CC1(C)c2ccccc2-c2c(N(c3ccc(-c4ccc5ccc6c7ccccc7oc6c5c4)cc3)c3cccc(-c4ccccc4)c3)cccc21. The van der Waals surface area contributed by atoms with Crippen LogP contribution < -0.4 is 4.90 Å². The van der Waals surface area contributed by atoms with Gasteiger partial charge in [0, 0.05) is 38.5 Å². The van der Waals surface area contributed by atoms with Gasteiger partial charge in [0.2, 0.25) is 0 Å². The second-order valence-corrected chi connectivity index (χ2v) is 14.1. The largest absolute Gasteiger partial charge is 0.455 e. The predicted octanol–water partition coefficient (Wildman–Crippen LogP) is 13.8. The molecule has 51 heavy (non-hydrogen) atoms. The number of fused-ring (bicyclic) bond motifs is 8. The molecule has 0 bridgehead atoms. The smallest absolute Gasteiger partial charge is 0.143 e. The number of anilines is 3. The summed E-state index contributed by atoms with van der Waals surface area (Å²) in [6, 6.07) is 63.7. The lowest BCUT2D eigenvalue weighted by atomic mass is 9.82. The highest BCUT2D eigenvalue weighted by Crippen LogP contribution is 2.54. The molecule has 0 amide bonds. The molecule has 0 saturated carbocycles. The van der Waals surface area contributed by atoms with Crippen LogP contribution >= 0.6 is 0 Å². The lowest BCUT2D eigenvalue weighted by molar-refractivity contribution is 0.660. The van der Waals surface area contributed by atoms with Crippen LogP contribution in [0.1, 0.15) is 25.0 Å². The van der Waals surface area contributed by atoms with Gasteiger partial charge in [0.25, 0.3) is 0 Å². The fraction of sp³-hybridized carbons (Fsp3) is 0.0612. The maximum Gasteiger partial charge on any atom is 0.143 e. The fourth-order valence-electron chi connectivity index (χ4n) is 8.29. The monoisotopic (exact) mass is 653 g/mol. The summed E-state index contributed by atoms with van der Waals surface area (Å²) in [5.41, 5.74) is 15.2. The first-order valence-corrected chi connectivity index (χ1v) is 17.7. The van der Waals surface area contributed by atoms with E-state index in [4.69, 9.17) is 4.42 Å². The zero-order chi connectivity index (χ0) is 34.1. The average Bonchev–Trinajstić information content (AvgIpc) is 3.68. The third-order valence-electron chi connectivity index (χ3n) is 10.9. The molecule has 9 aromatic rings. The maximum atomic E-state index is 6.42. The molecular formula is C49H35NO. The van der Waals surface area contributed by atoms with Crippen molar-refractivity contribution in [2.24, 2.45) is 0 Å². The van der Waals surface area contributed by atoms with Crippen molar-refractivity contribution in [1.82, 2.24) is 0 Å². The van der Waals surface area contributed by atoms with Gasteiger partial charge in [0.15, 0.2) is 0 Å². The van der Waals surface area contributed by atoms with Gasteiger partial charge in [-0.2, -0.15) is 0 Å². The van der Waals surface area contributed by atoms with Gasteiger partial charge in [-0.25, -0.2) is 0 Å². The van der Waals surface area contributed by atoms with Gasteiger partial charge in [0.1, 0.15) is 11.2 Å². The van der Waals surface area contributed by atoms with Crippen molar-refractivity contribution in [1.29, 1.82) is 0 Å². The lowest BCUT2D eigenvalue weighted by Gasteiger charge is -2.29. The number of hydrogen-bond donors (Lipinski definition) is 0. The summed E-state index contributed by atoms with van der Waals surface area (Å²) in [6.45, 7) is 4.69. The van der Waals surface area contributed by atoms with Crippen molar-refractivity contribution in [3.05, 3.63) is 187 Å². The summed E-state index contributed by atoms with van der Waals surface area (Å²) >= 11 is 0. The molecule has 242 valence electrons. The molecule has 0 radical (unpaired) electrons. The van der Waals surface area contributed by atoms with Crippen molar-refractivity contribution in [2.45, 2.75) is 19.3 Å². The van der Waals surface area contributed by atoms with E-state index < -0.39 is 0 Å². The van der Waals surface area contributed by atoms with Crippen molar-refractivity contribution in [3.63, 3.8) is 0 Å². The molecule has 0 fully saturated rings. The van der Waals surface area contributed by atoms with Crippen LogP contribution in [0.3, 0.4) is 0 Å². The maximum absolute atomic E-state index is 6.42. The zero-order valence-electron chi connectivity index (χ0n) is 28.6. The van der Waals surface area contributed by atoms with Crippen LogP contribution in [0.25, 0.3) is 66.1 Å². The molecular weight excluding hydrogens is 619 g/mol. The van der Waals surface area contributed by atoms with E-state index >= 15 is 0 Å². The Morgan fingerprint density at radius 2 is 1.12 bits per heavy atom. The van der Waals surface area contributed by atoms with Crippen LogP contribution in [-0.4, -0.2) is 0 Å². The van der Waals surface area contributed by atoms with Gasteiger partial charge in [-0.05, 0) is 92.9 Å². The normalized spacial score (nSPS) is 13.1. The van der Waals surface area contributed by atoms with Gasteiger partial charge >= 0.3 is 0 Å². The Labute approximate surface area is 297 Å². The zero-order valence-corrected chi connectivity index (χ0v) is 28.6. The Morgan fingerprint density at radius 1 is 0.451 bits per heavy atom. The van der Waals surface area contributed by atoms with Gasteiger partial charge < -0.3 is 9.32 Å². The molecule has 0 aliphatic heterocycles. The summed E-state index contributed by atoms with van der Waals surface area (Å²) in [7, 11) is 0. The van der Waals surface area contributed by atoms with E-state index in [1.165, 1.54) is 44.5 Å². The fourth-order valence-corrected chi connectivity index (χ4v) is 8.29. The van der Waals surface area contributed by atoms with Crippen LogP contribution in [-0.2, 0) is 5.41 Å². The molecule has 0 saturated heterocycles. The predicted molar refractivity (Wildman–Crippen MR) is 214 cm³/mol. The van der Waals surface area contributed by atoms with Gasteiger partial charge in [-0.1, -0.05) is 141 Å². The van der Waals surface area contributed by atoms with E-state index in [0.717, 1.165) is 49.8 Å². The summed E-state index contributed by atoms with van der Waals surface area (Å²) in [4.78, 5) is 2.44. The first kappa shape index (κ1) is 29.5. The van der Waals surface area contributed by atoms with E-state index in [1.807, 2.05) is 12.1 Å². The molecule has 1 heterocycles. The van der Waals surface area contributed by atoms with Crippen LogP contribution in [0, 0.1) is 0 Å². The van der Waals surface area contributed by atoms with Gasteiger partial charge in [-0.15, -0.1) is 0 Å². The summed E-state index contributed by atoms with van der Waals surface area (Å²) in [6.07, 6.45) is 0. The molecule has 1 aliphatic carbocycles. The van der Waals surface area contributed by atoms with E-state index in [-0.39, 0.29) is 5.41 Å². The third kappa shape index (κ3) is 4.64. The lowest BCUT2D eigenvalue weighted by Crippen LogP contribution is -2.16. The Balaban J connectivity index is 1.13. The third-order valence-corrected chi connectivity index (χ3v) is 10.9. The molecule has 8 aromatic carbocycles. The number of hydrogen-bond acceptors (Lipinski definition) is 2. The standard InChI is InChI=1S/C49H35NO/c1-49(2)43-18-8-6-17-41(43)47-44(49)19-11-20-45(47)50(38-15-10-14-35(30-38)32-12-4-3-5-13-32)37-27-24-33(25-28-37)36-23-22-34-26-29-40-39-16-7-9-21-46(39)51-48(40)42(34)31-36/h3-31H,1-2H3. The minimum atomic E-state index is -0.0926. The summed E-state index contributed by atoms with van der Waals surface area (Å²) < 4.78 is 6.42. The average molecular weight is 654 g/mol. The molecule has 0 atom stereocenters. The van der Waals surface area contributed by atoms with Crippen molar-refractivity contribution < 1.29 is 4.42 Å². The van der Waals surface area contributed by atoms with Gasteiger partial charge in [0.05, 0.1) is 5.69 Å². The van der Waals surface area contributed by atoms with Crippen LogP contribution in [0.5, 0.6) is 0 Å². The number of nitrogens with zero attached hydrogens (tertiary/aromatic N) is 1. The summed E-state index contributed by atoms with van der Waals surface area (Å²) in [5.74, 6) is 0. The second kappa shape index (κ2) is 11.3. The quantitative estimate of drug-likeness (QED) is 0.184. The minimum absolute atomic E-state index is 0.0926. The molecule has 1 aromatic heterocycles. The molecule has 0 spiro atoms. The number of para-hydroxylation sites is 1. The number of furan rings is 1. The highest BCUT2D eigenvalue weighted by atomic mass is 16.3. The Morgan fingerprint density at radius 3 is 2.00 bits per heavy atom. The Bertz CT molecular complexity index is 2770. The van der Waals surface area contributed by atoms with Crippen molar-refractivity contribution >= 4 is 49.8 Å². The Hall–Kier alpha value is -6.38. The molecule has 0 unspecified atom stereocenters. The van der Waals surface area contributed by atoms with E-state index in [2.05, 4.69) is 183 Å². The van der Waals surface area contributed by atoms with Crippen molar-refractivity contribution in [2.75, 3.05) is 4.90 Å². The van der Waals surface area contributed by atoms with Gasteiger partial charge in [-0.3, -0.25) is 0 Å². The van der Waals surface area contributed by atoms with E-state index in [9.17, 15) is 0 Å². The molecule has 2 heteroatoms. The number of benzene rings is 8. The number of rotatable bonds is 5. The Kier molecular flexibility index (Phi) is 6.56. The molecule has 2 nitrogen and oxygen atoms in total. The van der Waals surface area contributed by atoms with Crippen molar-refractivity contribution in [3.8, 4) is 33.4 Å². The molecule has 1 aliphatic rings. The van der Waals surface area contributed by atoms with E-state index in [0.29, 0.717) is 0 Å². The first-order valence-electron chi connectivity index (χ1n) is 17.7. The van der Waals surface area contributed by atoms with E-state index in [1.54, 1.807) is 0 Å². The summed E-state index contributed by atoms with van der Waals surface area (Å²) in [5, 5.41) is 4.61. The molecule has 0 N–H and O–H groups in total. The topological polar surface area (TPSA) is 16.4 Å². The highest BCUT2D eigenvalue weighted by Gasteiger charge is 2.37. The second-order valence-electron chi connectivity index (χ2n) is 14.1.